The number of carbonyl (C=O) groups excluding carboxylic acids is 1. The molecule has 1 aromatic carbocycles. The minimum absolute atomic E-state index is 0.153. The molecule has 0 aliphatic rings. The van der Waals surface area contributed by atoms with Crippen LogP contribution in [0.3, 0.4) is 0 Å². The fraction of sp³-hybridized carbons (Fsp3) is 0.231. The Bertz CT molecular complexity index is 721. The van der Waals surface area contributed by atoms with Crippen LogP contribution in [0.2, 0.25) is 5.02 Å². The number of pyridine rings is 1. The maximum absolute atomic E-state index is 12.1. The van der Waals surface area contributed by atoms with Crippen LogP contribution in [0.15, 0.2) is 23.0 Å². The quantitative estimate of drug-likeness (QED) is 0.856. The molecule has 100 valence electrons. The lowest BCUT2D eigenvalue weighted by Crippen LogP contribution is -2.24. The summed E-state index contributed by atoms with van der Waals surface area (Å²) in [5, 5.41) is 11.0. The summed E-state index contributed by atoms with van der Waals surface area (Å²) < 4.78 is 5.91. The number of hydrogen-bond donors (Lipinski definition) is 1. The number of ether oxygens (including phenoxy) is 1. The predicted octanol–water partition coefficient (Wildman–Crippen LogP) is 2.07. The van der Waals surface area contributed by atoms with Gasteiger partial charge in [0.2, 0.25) is 0 Å². The number of carbonyl (C=O) groups is 1. The largest absolute Gasteiger partial charge is 0.505 e. The number of aromatic hydroxyl groups is 1. The van der Waals surface area contributed by atoms with Crippen LogP contribution in [0, 0.1) is 0 Å². The van der Waals surface area contributed by atoms with Gasteiger partial charge in [0.25, 0.3) is 5.56 Å². The molecule has 1 heterocycles. The van der Waals surface area contributed by atoms with Crippen molar-refractivity contribution in [1.29, 1.82) is 0 Å². The Morgan fingerprint density at radius 1 is 1.42 bits per heavy atom. The normalized spacial score (nSPS) is 10.7. The molecule has 1 N–H and O–H groups in total. The Balaban J connectivity index is 2.86. The molecule has 0 saturated heterocycles. The van der Waals surface area contributed by atoms with Crippen molar-refractivity contribution < 1.29 is 14.6 Å². The second-order valence-corrected chi connectivity index (χ2v) is 4.41. The third-order valence-electron chi connectivity index (χ3n) is 2.80. The van der Waals surface area contributed by atoms with E-state index in [1.165, 1.54) is 19.2 Å². The van der Waals surface area contributed by atoms with Crippen molar-refractivity contribution in [2.45, 2.75) is 6.92 Å². The molecular formula is C13H12ClNO4. The lowest BCUT2D eigenvalue weighted by Gasteiger charge is -2.12. The van der Waals surface area contributed by atoms with Crippen LogP contribution in [-0.2, 0) is 11.8 Å². The van der Waals surface area contributed by atoms with Gasteiger partial charge in [-0.05, 0) is 25.1 Å². The number of benzene rings is 1. The van der Waals surface area contributed by atoms with Gasteiger partial charge in [-0.1, -0.05) is 11.6 Å². The van der Waals surface area contributed by atoms with E-state index in [2.05, 4.69) is 0 Å². The molecule has 0 saturated carbocycles. The highest BCUT2D eigenvalue weighted by Gasteiger charge is 2.21. The molecule has 1 aromatic heterocycles. The number of rotatable bonds is 2. The monoisotopic (exact) mass is 281 g/mol. The first-order valence-corrected chi connectivity index (χ1v) is 6.03. The molecule has 2 rings (SSSR count). The molecule has 0 atom stereocenters. The molecule has 19 heavy (non-hydrogen) atoms. The van der Waals surface area contributed by atoms with Crippen molar-refractivity contribution in [3.8, 4) is 5.75 Å². The standard InChI is InChI=1S/C13H12ClNO4/c1-3-19-13(18)10-11(16)9-6-7(14)4-5-8(9)12(17)15(10)2/h4-6,16H,3H2,1-2H3. The lowest BCUT2D eigenvalue weighted by molar-refractivity contribution is 0.0510. The van der Waals surface area contributed by atoms with Gasteiger partial charge in [-0.15, -0.1) is 0 Å². The van der Waals surface area contributed by atoms with Crippen LogP contribution in [0.4, 0.5) is 0 Å². The van der Waals surface area contributed by atoms with Crippen LogP contribution < -0.4 is 5.56 Å². The summed E-state index contributed by atoms with van der Waals surface area (Å²) in [5.41, 5.74) is -0.575. The van der Waals surface area contributed by atoms with Crippen LogP contribution in [0.25, 0.3) is 10.8 Å². The van der Waals surface area contributed by atoms with Crippen LogP contribution in [0.1, 0.15) is 17.4 Å². The van der Waals surface area contributed by atoms with Crippen molar-refractivity contribution in [3.05, 3.63) is 39.3 Å². The maximum atomic E-state index is 12.1. The average molecular weight is 282 g/mol. The summed E-state index contributed by atoms with van der Waals surface area (Å²) in [6.07, 6.45) is 0. The van der Waals surface area contributed by atoms with E-state index in [0.717, 1.165) is 4.57 Å². The van der Waals surface area contributed by atoms with Gasteiger partial charge in [0, 0.05) is 17.5 Å². The van der Waals surface area contributed by atoms with Crippen molar-refractivity contribution >= 4 is 28.3 Å². The fourth-order valence-corrected chi connectivity index (χ4v) is 2.07. The Morgan fingerprint density at radius 3 is 2.74 bits per heavy atom. The van der Waals surface area contributed by atoms with Gasteiger partial charge >= 0.3 is 5.97 Å². The summed E-state index contributed by atoms with van der Waals surface area (Å²) in [6, 6.07) is 4.50. The van der Waals surface area contributed by atoms with Crippen molar-refractivity contribution in [1.82, 2.24) is 4.57 Å². The van der Waals surface area contributed by atoms with Gasteiger partial charge in [0.1, 0.15) is 0 Å². The molecule has 0 amide bonds. The van der Waals surface area contributed by atoms with Crippen LogP contribution in [0.5, 0.6) is 5.75 Å². The Morgan fingerprint density at radius 2 is 2.11 bits per heavy atom. The number of hydrogen-bond acceptors (Lipinski definition) is 4. The highest BCUT2D eigenvalue weighted by molar-refractivity contribution is 6.31. The van der Waals surface area contributed by atoms with E-state index in [0.29, 0.717) is 5.02 Å². The van der Waals surface area contributed by atoms with Gasteiger partial charge < -0.3 is 14.4 Å². The Labute approximate surface area is 114 Å². The van der Waals surface area contributed by atoms with Gasteiger partial charge in [0.15, 0.2) is 11.4 Å². The molecule has 0 aliphatic carbocycles. The molecule has 0 unspecified atom stereocenters. The maximum Gasteiger partial charge on any atom is 0.358 e. The third kappa shape index (κ3) is 2.17. The van der Waals surface area contributed by atoms with Gasteiger partial charge in [-0.25, -0.2) is 4.79 Å². The Kier molecular flexibility index (Phi) is 3.48. The molecular weight excluding hydrogens is 270 g/mol. The van der Waals surface area contributed by atoms with Crippen LogP contribution in [-0.4, -0.2) is 22.2 Å². The minimum atomic E-state index is -0.749. The molecule has 6 heteroatoms. The molecule has 0 bridgehead atoms. The number of esters is 1. The molecule has 0 radical (unpaired) electrons. The first-order valence-electron chi connectivity index (χ1n) is 5.65. The zero-order valence-corrected chi connectivity index (χ0v) is 11.2. The number of aromatic nitrogens is 1. The molecule has 0 aliphatic heterocycles. The first kappa shape index (κ1) is 13.4. The molecule has 0 spiro atoms. The van der Waals surface area contributed by atoms with Gasteiger partial charge in [-0.2, -0.15) is 0 Å². The zero-order valence-electron chi connectivity index (χ0n) is 10.4. The zero-order chi connectivity index (χ0) is 14.2. The summed E-state index contributed by atoms with van der Waals surface area (Å²) in [4.78, 5) is 23.9. The number of halogens is 1. The molecule has 5 nitrogen and oxygen atoms in total. The van der Waals surface area contributed by atoms with Crippen LogP contribution >= 0.6 is 11.6 Å². The van der Waals surface area contributed by atoms with Gasteiger partial charge in [-0.3, -0.25) is 4.79 Å². The first-order chi connectivity index (χ1) is 8.97. The molecule has 0 fully saturated rings. The fourth-order valence-electron chi connectivity index (χ4n) is 1.90. The van der Waals surface area contributed by atoms with E-state index >= 15 is 0 Å². The average Bonchev–Trinajstić information content (AvgIpc) is 2.36. The summed E-state index contributed by atoms with van der Waals surface area (Å²) in [7, 11) is 1.41. The Hall–Kier alpha value is -2.01. The lowest BCUT2D eigenvalue weighted by atomic mass is 10.1. The predicted molar refractivity (Wildman–Crippen MR) is 71.8 cm³/mol. The van der Waals surface area contributed by atoms with Gasteiger partial charge in [0.05, 0.1) is 12.0 Å². The van der Waals surface area contributed by atoms with E-state index in [4.69, 9.17) is 16.3 Å². The van der Waals surface area contributed by atoms with E-state index in [1.807, 2.05) is 0 Å². The number of fused-ring (bicyclic) bond motifs is 1. The van der Waals surface area contributed by atoms with Crippen molar-refractivity contribution in [2.24, 2.45) is 7.05 Å². The second-order valence-electron chi connectivity index (χ2n) is 3.97. The van der Waals surface area contributed by atoms with Crippen molar-refractivity contribution in [2.75, 3.05) is 6.61 Å². The third-order valence-corrected chi connectivity index (χ3v) is 3.04. The smallest absolute Gasteiger partial charge is 0.358 e. The van der Waals surface area contributed by atoms with E-state index in [9.17, 15) is 14.7 Å². The minimum Gasteiger partial charge on any atom is -0.505 e. The second kappa shape index (κ2) is 4.93. The van der Waals surface area contributed by atoms with Crippen molar-refractivity contribution in [3.63, 3.8) is 0 Å². The highest BCUT2D eigenvalue weighted by atomic mass is 35.5. The van der Waals surface area contributed by atoms with E-state index < -0.39 is 11.5 Å². The summed E-state index contributed by atoms with van der Waals surface area (Å²) in [6.45, 7) is 1.80. The number of nitrogens with zero attached hydrogens (tertiary/aromatic N) is 1. The molecule has 2 aromatic rings. The highest BCUT2D eigenvalue weighted by Crippen LogP contribution is 2.28. The van der Waals surface area contributed by atoms with E-state index in [1.54, 1.807) is 13.0 Å². The SMILES string of the molecule is CCOC(=O)c1c(O)c2cc(Cl)ccc2c(=O)n1C. The summed E-state index contributed by atoms with van der Waals surface area (Å²) >= 11 is 5.84. The van der Waals surface area contributed by atoms with E-state index in [-0.39, 0.29) is 28.8 Å². The summed E-state index contributed by atoms with van der Waals surface area (Å²) in [5.74, 6) is -1.06. The topological polar surface area (TPSA) is 68.5 Å².